The summed E-state index contributed by atoms with van der Waals surface area (Å²) in [5, 5.41) is 12.2. The SMILES string of the molecule is O=C(Cc1ccc(F)cc1)Nc1cn[nH]n1. The largest absolute Gasteiger partial charge is 0.308 e. The number of halogens is 1. The van der Waals surface area contributed by atoms with E-state index in [1.807, 2.05) is 0 Å². The highest BCUT2D eigenvalue weighted by Crippen LogP contribution is 2.05. The maximum Gasteiger partial charge on any atom is 0.230 e. The van der Waals surface area contributed by atoms with Crippen molar-refractivity contribution in [1.82, 2.24) is 15.4 Å². The normalized spacial score (nSPS) is 10.1. The van der Waals surface area contributed by atoms with E-state index in [-0.39, 0.29) is 18.1 Å². The average Bonchev–Trinajstić information content (AvgIpc) is 2.74. The Hall–Kier alpha value is -2.24. The highest BCUT2D eigenvalue weighted by atomic mass is 19.1. The maximum absolute atomic E-state index is 12.6. The summed E-state index contributed by atoms with van der Waals surface area (Å²) in [6, 6.07) is 5.77. The third-order valence-corrected chi connectivity index (χ3v) is 1.96. The number of nitrogens with zero attached hydrogens (tertiary/aromatic N) is 2. The van der Waals surface area contributed by atoms with Gasteiger partial charge < -0.3 is 5.32 Å². The van der Waals surface area contributed by atoms with Crippen molar-refractivity contribution in [2.75, 3.05) is 5.32 Å². The van der Waals surface area contributed by atoms with Crippen molar-refractivity contribution in [2.24, 2.45) is 0 Å². The van der Waals surface area contributed by atoms with E-state index in [1.54, 1.807) is 12.1 Å². The van der Waals surface area contributed by atoms with Crippen molar-refractivity contribution in [3.63, 3.8) is 0 Å². The van der Waals surface area contributed by atoms with Gasteiger partial charge in [-0.3, -0.25) is 4.79 Å². The van der Waals surface area contributed by atoms with E-state index in [2.05, 4.69) is 20.7 Å². The highest BCUT2D eigenvalue weighted by molar-refractivity contribution is 5.91. The first-order valence-corrected chi connectivity index (χ1v) is 4.64. The lowest BCUT2D eigenvalue weighted by molar-refractivity contribution is -0.115. The Labute approximate surface area is 90.7 Å². The number of hydrogen-bond donors (Lipinski definition) is 2. The number of carbonyl (C=O) groups is 1. The molecule has 0 radical (unpaired) electrons. The number of benzene rings is 1. The number of aromatic amines is 1. The minimum absolute atomic E-state index is 0.174. The summed E-state index contributed by atoms with van der Waals surface area (Å²) in [7, 11) is 0. The molecule has 0 saturated carbocycles. The minimum Gasteiger partial charge on any atom is -0.308 e. The molecule has 0 aliphatic carbocycles. The molecule has 2 rings (SSSR count). The molecule has 2 aromatic rings. The summed E-state index contributed by atoms with van der Waals surface area (Å²) in [5.74, 6) is -0.173. The van der Waals surface area contributed by atoms with Crippen LogP contribution in [0.15, 0.2) is 30.5 Å². The lowest BCUT2D eigenvalue weighted by Gasteiger charge is -2.01. The van der Waals surface area contributed by atoms with E-state index < -0.39 is 0 Å². The highest BCUT2D eigenvalue weighted by Gasteiger charge is 2.05. The summed E-state index contributed by atoms with van der Waals surface area (Å²) in [4.78, 5) is 11.5. The van der Waals surface area contributed by atoms with Gasteiger partial charge in [0.05, 0.1) is 12.6 Å². The molecule has 5 nitrogen and oxygen atoms in total. The van der Waals surface area contributed by atoms with Gasteiger partial charge in [-0.2, -0.15) is 10.3 Å². The Balaban J connectivity index is 1.95. The first-order chi connectivity index (χ1) is 7.74. The molecule has 0 bridgehead atoms. The molecule has 1 aromatic carbocycles. The van der Waals surface area contributed by atoms with Crippen LogP contribution < -0.4 is 5.32 Å². The van der Waals surface area contributed by atoms with Crippen LogP contribution in [0, 0.1) is 5.82 Å². The fraction of sp³-hybridized carbons (Fsp3) is 0.100. The summed E-state index contributed by atoms with van der Waals surface area (Å²) >= 11 is 0. The monoisotopic (exact) mass is 220 g/mol. The van der Waals surface area contributed by atoms with Gasteiger partial charge in [-0.1, -0.05) is 12.1 Å². The van der Waals surface area contributed by atoms with Crippen LogP contribution >= 0.6 is 0 Å². The van der Waals surface area contributed by atoms with Crippen LogP contribution in [-0.2, 0) is 11.2 Å². The molecular weight excluding hydrogens is 211 g/mol. The Morgan fingerprint density at radius 3 is 2.75 bits per heavy atom. The zero-order valence-electron chi connectivity index (χ0n) is 8.27. The number of amides is 1. The predicted octanol–water partition coefficient (Wildman–Crippen LogP) is 1.12. The molecule has 16 heavy (non-hydrogen) atoms. The number of anilines is 1. The molecular formula is C10H9FN4O. The quantitative estimate of drug-likeness (QED) is 0.814. The van der Waals surface area contributed by atoms with E-state index in [4.69, 9.17) is 0 Å². The predicted molar refractivity (Wildman–Crippen MR) is 55.1 cm³/mol. The van der Waals surface area contributed by atoms with Crippen LogP contribution in [0.1, 0.15) is 5.56 Å². The van der Waals surface area contributed by atoms with Crippen molar-refractivity contribution in [2.45, 2.75) is 6.42 Å². The molecule has 2 N–H and O–H groups in total. The van der Waals surface area contributed by atoms with Gasteiger partial charge in [0.1, 0.15) is 5.82 Å². The topological polar surface area (TPSA) is 70.7 Å². The van der Waals surface area contributed by atoms with Gasteiger partial charge in [0.2, 0.25) is 5.91 Å². The van der Waals surface area contributed by atoms with Gasteiger partial charge >= 0.3 is 0 Å². The molecule has 0 fully saturated rings. The van der Waals surface area contributed by atoms with Gasteiger partial charge in [0, 0.05) is 0 Å². The Morgan fingerprint density at radius 1 is 1.38 bits per heavy atom. The second kappa shape index (κ2) is 4.52. The number of rotatable bonds is 3. The first-order valence-electron chi connectivity index (χ1n) is 4.64. The minimum atomic E-state index is -0.319. The summed E-state index contributed by atoms with van der Waals surface area (Å²) in [6.45, 7) is 0. The number of aromatic nitrogens is 3. The molecule has 0 spiro atoms. The van der Waals surface area contributed by atoms with E-state index in [0.29, 0.717) is 5.82 Å². The van der Waals surface area contributed by atoms with Crippen molar-refractivity contribution < 1.29 is 9.18 Å². The molecule has 82 valence electrons. The number of hydrogen-bond acceptors (Lipinski definition) is 3. The van der Waals surface area contributed by atoms with Gasteiger partial charge in [-0.25, -0.2) is 4.39 Å². The van der Waals surface area contributed by atoms with Crippen LogP contribution in [0.25, 0.3) is 0 Å². The van der Waals surface area contributed by atoms with Crippen LogP contribution in [0.3, 0.4) is 0 Å². The first kappa shape index (κ1) is 10.3. The van der Waals surface area contributed by atoms with E-state index in [9.17, 15) is 9.18 Å². The van der Waals surface area contributed by atoms with Crippen molar-refractivity contribution in [3.05, 3.63) is 41.8 Å². The van der Waals surface area contributed by atoms with E-state index >= 15 is 0 Å². The smallest absolute Gasteiger partial charge is 0.230 e. The van der Waals surface area contributed by atoms with Gasteiger partial charge in [0.25, 0.3) is 0 Å². The fourth-order valence-corrected chi connectivity index (χ4v) is 1.24. The second-order valence-corrected chi connectivity index (χ2v) is 3.21. The number of nitrogens with one attached hydrogen (secondary N) is 2. The maximum atomic E-state index is 12.6. The molecule has 1 aromatic heterocycles. The molecule has 0 unspecified atom stereocenters. The molecule has 6 heteroatoms. The number of carbonyl (C=O) groups excluding carboxylic acids is 1. The molecule has 0 atom stereocenters. The zero-order valence-corrected chi connectivity index (χ0v) is 8.27. The summed E-state index contributed by atoms with van der Waals surface area (Å²) in [5.41, 5.74) is 0.738. The molecule has 0 saturated heterocycles. The molecule has 1 amide bonds. The van der Waals surface area contributed by atoms with Crippen molar-refractivity contribution >= 4 is 11.7 Å². The van der Waals surface area contributed by atoms with Crippen LogP contribution in [0.4, 0.5) is 10.2 Å². The Kier molecular flexibility index (Phi) is 2.90. The lowest BCUT2D eigenvalue weighted by Crippen LogP contribution is -2.14. The number of H-pyrrole nitrogens is 1. The Bertz CT molecular complexity index is 466. The lowest BCUT2D eigenvalue weighted by atomic mass is 10.1. The Morgan fingerprint density at radius 2 is 2.12 bits per heavy atom. The van der Waals surface area contributed by atoms with Crippen molar-refractivity contribution in [3.8, 4) is 0 Å². The summed E-state index contributed by atoms with van der Waals surface area (Å²) in [6.07, 6.45) is 1.58. The molecule has 0 aliphatic rings. The van der Waals surface area contributed by atoms with Crippen LogP contribution in [-0.4, -0.2) is 21.3 Å². The average molecular weight is 220 g/mol. The molecule has 1 heterocycles. The van der Waals surface area contributed by atoms with E-state index in [1.165, 1.54) is 18.3 Å². The standard InChI is InChI=1S/C10H9FN4O/c11-8-3-1-7(2-4-8)5-10(16)13-9-6-12-15-14-9/h1-4,6H,5H2,(H2,12,13,14,15,16). The van der Waals surface area contributed by atoms with Gasteiger partial charge in [-0.15, -0.1) is 5.10 Å². The fourth-order valence-electron chi connectivity index (χ4n) is 1.24. The zero-order chi connectivity index (χ0) is 11.4. The third-order valence-electron chi connectivity index (χ3n) is 1.96. The van der Waals surface area contributed by atoms with Crippen LogP contribution in [0.2, 0.25) is 0 Å². The second-order valence-electron chi connectivity index (χ2n) is 3.21. The van der Waals surface area contributed by atoms with Crippen LogP contribution in [0.5, 0.6) is 0 Å². The van der Waals surface area contributed by atoms with Crippen molar-refractivity contribution in [1.29, 1.82) is 0 Å². The third kappa shape index (κ3) is 2.63. The molecule has 0 aliphatic heterocycles. The van der Waals surface area contributed by atoms with E-state index in [0.717, 1.165) is 5.56 Å². The van der Waals surface area contributed by atoms with Gasteiger partial charge in [-0.05, 0) is 17.7 Å². The summed E-state index contributed by atoms with van der Waals surface area (Å²) < 4.78 is 12.6. The van der Waals surface area contributed by atoms with Gasteiger partial charge in [0.15, 0.2) is 5.82 Å².